The molecule has 0 bridgehead atoms. The molecule has 4 nitrogen and oxygen atoms in total. The Hall–Kier alpha value is -0.610. The summed E-state index contributed by atoms with van der Waals surface area (Å²) in [6.07, 6.45) is 3.39. The molecule has 1 fully saturated rings. The lowest BCUT2D eigenvalue weighted by atomic mass is 10.0. The molecule has 0 saturated carbocycles. The zero-order valence-electron chi connectivity index (χ0n) is 9.20. The first-order valence-electron chi connectivity index (χ1n) is 5.29. The molecule has 0 aromatic carbocycles. The van der Waals surface area contributed by atoms with E-state index >= 15 is 0 Å². The summed E-state index contributed by atoms with van der Waals surface area (Å²) in [6, 6.07) is 0.274. The molecular formula is C10H21N3O. The zero-order valence-corrected chi connectivity index (χ0v) is 9.20. The van der Waals surface area contributed by atoms with Crippen molar-refractivity contribution in [2.45, 2.75) is 25.3 Å². The van der Waals surface area contributed by atoms with Crippen LogP contribution in [0.15, 0.2) is 0 Å². The third-order valence-corrected chi connectivity index (χ3v) is 2.67. The topological polar surface area (TPSA) is 49.6 Å². The number of hydrogen-bond acceptors (Lipinski definition) is 3. The normalized spacial score (nSPS) is 22.9. The maximum Gasteiger partial charge on any atom is 0.237 e. The summed E-state index contributed by atoms with van der Waals surface area (Å²) in [7, 11) is 3.83. The second-order valence-electron chi connectivity index (χ2n) is 4.21. The lowest BCUT2D eigenvalue weighted by molar-refractivity contribution is -0.135. The first kappa shape index (κ1) is 11.5. The molecule has 0 spiro atoms. The van der Waals surface area contributed by atoms with E-state index in [0.29, 0.717) is 13.1 Å². The van der Waals surface area contributed by atoms with Crippen molar-refractivity contribution in [3.8, 4) is 0 Å². The van der Waals surface area contributed by atoms with Gasteiger partial charge in [0.05, 0.1) is 6.54 Å². The maximum atomic E-state index is 11.8. The molecule has 0 aliphatic carbocycles. The number of amides is 1. The van der Waals surface area contributed by atoms with Gasteiger partial charge in [-0.25, -0.2) is 0 Å². The summed E-state index contributed by atoms with van der Waals surface area (Å²) in [5, 5.41) is 0. The summed E-state index contributed by atoms with van der Waals surface area (Å²) < 4.78 is 0. The molecule has 1 aliphatic rings. The molecule has 1 heterocycles. The fraction of sp³-hybridized carbons (Fsp3) is 0.900. The second kappa shape index (κ2) is 5.32. The molecule has 0 aromatic rings. The Balaban J connectivity index is 2.50. The van der Waals surface area contributed by atoms with Crippen molar-refractivity contribution >= 4 is 5.91 Å². The largest absolute Gasteiger partial charge is 0.337 e. The summed E-state index contributed by atoms with van der Waals surface area (Å²) in [4.78, 5) is 15.7. The van der Waals surface area contributed by atoms with Crippen LogP contribution in [0.2, 0.25) is 0 Å². The van der Waals surface area contributed by atoms with Gasteiger partial charge in [0.15, 0.2) is 0 Å². The van der Waals surface area contributed by atoms with Gasteiger partial charge in [-0.1, -0.05) is 0 Å². The standard InChI is InChI=1S/C10H21N3O/c1-12(2)8-10(14)13-6-4-3-5-9(13)7-11/h9H,3-8,11H2,1-2H3. The second-order valence-corrected chi connectivity index (χ2v) is 4.21. The number of piperidine rings is 1. The van der Waals surface area contributed by atoms with E-state index in [-0.39, 0.29) is 11.9 Å². The minimum Gasteiger partial charge on any atom is -0.337 e. The summed E-state index contributed by atoms with van der Waals surface area (Å²) in [5.41, 5.74) is 5.65. The van der Waals surface area contributed by atoms with E-state index in [1.54, 1.807) is 0 Å². The molecule has 1 unspecified atom stereocenters. The maximum absolute atomic E-state index is 11.8. The molecule has 1 rings (SSSR count). The molecular weight excluding hydrogens is 178 g/mol. The smallest absolute Gasteiger partial charge is 0.237 e. The predicted molar refractivity (Wildman–Crippen MR) is 57.0 cm³/mol. The van der Waals surface area contributed by atoms with Crippen LogP contribution in [-0.2, 0) is 4.79 Å². The van der Waals surface area contributed by atoms with Crippen LogP contribution in [0.3, 0.4) is 0 Å². The van der Waals surface area contributed by atoms with E-state index < -0.39 is 0 Å². The van der Waals surface area contributed by atoms with Gasteiger partial charge in [-0.3, -0.25) is 4.79 Å². The van der Waals surface area contributed by atoms with E-state index in [9.17, 15) is 4.79 Å². The van der Waals surface area contributed by atoms with Crippen LogP contribution in [0.4, 0.5) is 0 Å². The fourth-order valence-electron chi connectivity index (χ4n) is 1.94. The average molecular weight is 199 g/mol. The highest BCUT2D eigenvalue weighted by atomic mass is 16.2. The number of carbonyl (C=O) groups excluding carboxylic acids is 1. The van der Waals surface area contributed by atoms with Gasteiger partial charge in [-0.2, -0.15) is 0 Å². The quantitative estimate of drug-likeness (QED) is 0.690. The lowest BCUT2D eigenvalue weighted by Gasteiger charge is -2.35. The first-order valence-corrected chi connectivity index (χ1v) is 5.29. The van der Waals surface area contributed by atoms with E-state index in [1.165, 1.54) is 6.42 Å². The van der Waals surface area contributed by atoms with Crippen LogP contribution in [0.5, 0.6) is 0 Å². The fourth-order valence-corrected chi connectivity index (χ4v) is 1.94. The minimum absolute atomic E-state index is 0.213. The predicted octanol–water partition coefficient (Wildman–Crippen LogP) is -0.112. The van der Waals surface area contributed by atoms with Crippen LogP contribution >= 0.6 is 0 Å². The van der Waals surface area contributed by atoms with Gasteiger partial charge in [0.1, 0.15) is 0 Å². The molecule has 0 aromatic heterocycles. The number of likely N-dealkylation sites (tertiary alicyclic amines) is 1. The van der Waals surface area contributed by atoms with E-state index in [1.807, 2.05) is 23.9 Å². The summed E-state index contributed by atoms with van der Waals surface area (Å²) >= 11 is 0. The van der Waals surface area contributed by atoms with Crippen LogP contribution in [0, 0.1) is 0 Å². The molecule has 1 saturated heterocycles. The minimum atomic E-state index is 0.213. The third kappa shape index (κ3) is 2.96. The third-order valence-electron chi connectivity index (χ3n) is 2.67. The van der Waals surface area contributed by atoms with Crippen molar-refractivity contribution in [3.63, 3.8) is 0 Å². The van der Waals surface area contributed by atoms with E-state index in [2.05, 4.69) is 0 Å². The molecule has 2 N–H and O–H groups in total. The Kier molecular flexibility index (Phi) is 4.35. The van der Waals surface area contributed by atoms with Crippen LogP contribution in [0.1, 0.15) is 19.3 Å². The number of nitrogens with two attached hydrogens (primary N) is 1. The molecule has 4 heteroatoms. The van der Waals surface area contributed by atoms with Gasteiger partial charge in [0, 0.05) is 19.1 Å². The van der Waals surface area contributed by atoms with Gasteiger partial charge in [0.25, 0.3) is 0 Å². The lowest BCUT2D eigenvalue weighted by Crippen LogP contribution is -2.50. The highest BCUT2D eigenvalue weighted by Crippen LogP contribution is 2.16. The van der Waals surface area contributed by atoms with Crippen molar-refractivity contribution in [1.29, 1.82) is 0 Å². The number of likely N-dealkylation sites (N-methyl/N-ethyl adjacent to an activating group) is 1. The zero-order chi connectivity index (χ0) is 10.6. The van der Waals surface area contributed by atoms with Gasteiger partial charge in [-0.15, -0.1) is 0 Å². The summed E-state index contributed by atoms with van der Waals surface area (Å²) in [5.74, 6) is 0.213. The van der Waals surface area contributed by atoms with Gasteiger partial charge in [-0.05, 0) is 33.4 Å². The Labute approximate surface area is 86.0 Å². The van der Waals surface area contributed by atoms with Crippen molar-refractivity contribution in [2.24, 2.45) is 5.73 Å². The molecule has 82 valence electrons. The Morgan fingerprint density at radius 2 is 2.21 bits per heavy atom. The van der Waals surface area contributed by atoms with Crippen molar-refractivity contribution in [3.05, 3.63) is 0 Å². The number of carbonyl (C=O) groups is 1. The first-order chi connectivity index (χ1) is 6.65. The molecule has 1 amide bonds. The van der Waals surface area contributed by atoms with Crippen LogP contribution < -0.4 is 5.73 Å². The highest BCUT2D eigenvalue weighted by Gasteiger charge is 2.25. The number of rotatable bonds is 3. The van der Waals surface area contributed by atoms with Crippen LogP contribution in [-0.4, -0.2) is 55.5 Å². The molecule has 1 aliphatic heterocycles. The Morgan fingerprint density at radius 1 is 1.50 bits per heavy atom. The monoisotopic (exact) mass is 199 g/mol. The van der Waals surface area contributed by atoms with Gasteiger partial charge in [0.2, 0.25) is 5.91 Å². The SMILES string of the molecule is CN(C)CC(=O)N1CCCCC1CN. The van der Waals surface area contributed by atoms with Crippen molar-refractivity contribution in [2.75, 3.05) is 33.7 Å². The highest BCUT2D eigenvalue weighted by molar-refractivity contribution is 5.78. The van der Waals surface area contributed by atoms with E-state index in [0.717, 1.165) is 19.4 Å². The molecule has 1 atom stereocenters. The number of nitrogens with zero attached hydrogens (tertiary/aromatic N) is 2. The Bertz CT molecular complexity index is 194. The average Bonchev–Trinajstić information content (AvgIpc) is 2.16. The van der Waals surface area contributed by atoms with Crippen molar-refractivity contribution < 1.29 is 4.79 Å². The van der Waals surface area contributed by atoms with Gasteiger partial charge >= 0.3 is 0 Å². The van der Waals surface area contributed by atoms with Crippen molar-refractivity contribution in [1.82, 2.24) is 9.80 Å². The van der Waals surface area contributed by atoms with E-state index in [4.69, 9.17) is 5.73 Å². The Morgan fingerprint density at radius 3 is 2.79 bits per heavy atom. The summed E-state index contributed by atoms with van der Waals surface area (Å²) in [6.45, 7) is 1.98. The number of hydrogen-bond donors (Lipinski definition) is 1. The molecule has 0 radical (unpaired) electrons. The van der Waals surface area contributed by atoms with Crippen LogP contribution in [0.25, 0.3) is 0 Å². The van der Waals surface area contributed by atoms with Gasteiger partial charge < -0.3 is 15.5 Å². The molecule has 14 heavy (non-hydrogen) atoms.